The van der Waals surface area contributed by atoms with Crippen molar-refractivity contribution in [2.75, 3.05) is 18.8 Å². The van der Waals surface area contributed by atoms with E-state index < -0.39 is 10.0 Å². The van der Waals surface area contributed by atoms with E-state index in [1.165, 1.54) is 18.3 Å². The summed E-state index contributed by atoms with van der Waals surface area (Å²) in [5.74, 6) is 0.200. The zero-order valence-corrected chi connectivity index (χ0v) is 10.3. The SMILES string of the molecule is Nc1cc(S(=O)(=O)NN2CCCCC2)ccn1. The van der Waals surface area contributed by atoms with Crippen molar-refractivity contribution in [2.45, 2.75) is 24.2 Å². The molecule has 0 radical (unpaired) electrons. The van der Waals surface area contributed by atoms with E-state index in [9.17, 15) is 8.42 Å². The summed E-state index contributed by atoms with van der Waals surface area (Å²) in [5.41, 5.74) is 5.47. The largest absolute Gasteiger partial charge is 0.384 e. The van der Waals surface area contributed by atoms with Crippen LogP contribution in [0.25, 0.3) is 0 Å². The van der Waals surface area contributed by atoms with Crippen molar-refractivity contribution in [3.8, 4) is 0 Å². The van der Waals surface area contributed by atoms with E-state index in [0.29, 0.717) is 0 Å². The molecule has 3 N–H and O–H groups in total. The number of hydrogen-bond donors (Lipinski definition) is 2. The Morgan fingerprint density at radius 1 is 1.29 bits per heavy atom. The van der Waals surface area contributed by atoms with E-state index in [1.54, 1.807) is 5.01 Å². The van der Waals surface area contributed by atoms with E-state index in [1.807, 2.05) is 0 Å². The molecule has 1 fully saturated rings. The number of anilines is 1. The first-order valence-corrected chi connectivity index (χ1v) is 7.05. The van der Waals surface area contributed by atoms with Gasteiger partial charge in [0.15, 0.2) is 0 Å². The summed E-state index contributed by atoms with van der Waals surface area (Å²) in [4.78, 5) is 6.48. The van der Waals surface area contributed by atoms with Gasteiger partial charge in [-0.05, 0) is 18.9 Å². The molecular formula is C10H16N4O2S. The van der Waals surface area contributed by atoms with Crippen molar-refractivity contribution >= 4 is 15.8 Å². The lowest BCUT2D eigenvalue weighted by atomic mass is 10.2. The Kier molecular flexibility index (Phi) is 3.60. The third-order valence-corrected chi connectivity index (χ3v) is 4.04. The molecule has 0 aromatic carbocycles. The van der Waals surface area contributed by atoms with Crippen LogP contribution in [0.4, 0.5) is 5.82 Å². The third-order valence-electron chi connectivity index (χ3n) is 2.67. The Labute approximate surface area is 101 Å². The number of nitrogens with zero attached hydrogens (tertiary/aromatic N) is 2. The van der Waals surface area contributed by atoms with Gasteiger partial charge in [-0.2, -0.15) is 0 Å². The Morgan fingerprint density at radius 3 is 2.65 bits per heavy atom. The fraction of sp³-hybridized carbons (Fsp3) is 0.500. The summed E-state index contributed by atoms with van der Waals surface area (Å²) >= 11 is 0. The third kappa shape index (κ3) is 3.15. The van der Waals surface area contributed by atoms with Crippen molar-refractivity contribution in [1.29, 1.82) is 0 Å². The Balaban J connectivity index is 2.13. The van der Waals surface area contributed by atoms with Gasteiger partial charge in [-0.1, -0.05) is 6.42 Å². The number of hydrogen-bond acceptors (Lipinski definition) is 5. The Morgan fingerprint density at radius 2 is 2.00 bits per heavy atom. The molecule has 0 unspecified atom stereocenters. The molecule has 0 spiro atoms. The lowest BCUT2D eigenvalue weighted by molar-refractivity contribution is 0.200. The van der Waals surface area contributed by atoms with Crippen molar-refractivity contribution in [3.05, 3.63) is 18.3 Å². The second-order valence-electron chi connectivity index (χ2n) is 4.06. The van der Waals surface area contributed by atoms with Gasteiger partial charge in [-0.3, -0.25) is 0 Å². The highest BCUT2D eigenvalue weighted by Crippen LogP contribution is 2.13. The van der Waals surface area contributed by atoms with Crippen LogP contribution in [-0.4, -0.2) is 31.5 Å². The highest BCUT2D eigenvalue weighted by molar-refractivity contribution is 7.89. The number of nitrogens with one attached hydrogen (secondary N) is 1. The summed E-state index contributed by atoms with van der Waals surface area (Å²) < 4.78 is 24.0. The van der Waals surface area contributed by atoms with E-state index in [-0.39, 0.29) is 10.7 Å². The Hall–Kier alpha value is -1.18. The summed E-state index contributed by atoms with van der Waals surface area (Å²) in [5, 5.41) is 1.73. The lowest BCUT2D eigenvalue weighted by Crippen LogP contribution is -2.44. The van der Waals surface area contributed by atoms with Gasteiger partial charge in [0.2, 0.25) is 0 Å². The van der Waals surface area contributed by atoms with Gasteiger partial charge in [-0.15, -0.1) is 4.83 Å². The monoisotopic (exact) mass is 256 g/mol. The molecule has 2 heterocycles. The van der Waals surface area contributed by atoms with Crippen molar-refractivity contribution < 1.29 is 8.42 Å². The molecule has 0 aliphatic carbocycles. The van der Waals surface area contributed by atoms with Gasteiger partial charge in [0, 0.05) is 25.4 Å². The second-order valence-corrected chi connectivity index (χ2v) is 5.72. The fourth-order valence-electron chi connectivity index (χ4n) is 1.80. The van der Waals surface area contributed by atoms with Crippen LogP contribution >= 0.6 is 0 Å². The predicted octanol–water partition coefficient (Wildman–Crippen LogP) is 0.343. The van der Waals surface area contributed by atoms with Gasteiger partial charge in [-0.25, -0.2) is 18.4 Å². The highest BCUT2D eigenvalue weighted by atomic mass is 32.2. The molecular weight excluding hydrogens is 240 g/mol. The van der Waals surface area contributed by atoms with Crippen LogP contribution in [0.15, 0.2) is 23.2 Å². The predicted molar refractivity (Wildman–Crippen MR) is 64.4 cm³/mol. The van der Waals surface area contributed by atoms with E-state index >= 15 is 0 Å². The average molecular weight is 256 g/mol. The summed E-state index contributed by atoms with van der Waals surface area (Å²) in [7, 11) is -3.53. The number of piperidine rings is 1. The van der Waals surface area contributed by atoms with Gasteiger partial charge in [0.1, 0.15) is 5.82 Å². The van der Waals surface area contributed by atoms with Crippen LogP contribution in [0.5, 0.6) is 0 Å². The molecule has 0 bridgehead atoms. The molecule has 1 aromatic rings. The maximum atomic E-state index is 12.0. The molecule has 0 atom stereocenters. The molecule has 1 aliphatic heterocycles. The number of pyridine rings is 1. The number of sulfonamides is 1. The fourth-order valence-corrected chi connectivity index (χ4v) is 2.95. The van der Waals surface area contributed by atoms with Gasteiger partial charge < -0.3 is 5.73 Å². The minimum Gasteiger partial charge on any atom is -0.384 e. The van der Waals surface area contributed by atoms with Gasteiger partial charge >= 0.3 is 0 Å². The minimum atomic E-state index is -3.53. The van der Waals surface area contributed by atoms with E-state index in [4.69, 9.17) is 5.73 Å². The summed E-state index contributed by atoms with van der Waals surface area (Å²) in [6.07, 6.45) is 4.57. The number of hydrazine groups is 1. The quantitative estimate of drug-likeness (QED) is 0.814. The van der Waals surface area contributed by atoms with Crippen molar-refractivity contribution in [3.63, 3.8) is 0 Å². The average Bonchev–Trinajstić information content (AvgIpc) is 2.30. The number of nitrogen functional groups attached to an aromatic ring is 1. The smallest absolute Gasteiger partial charge is 0.253 e. The van der Waals surface area contributed by atoms with Gasteiger partial charge in [0.25, 0.3) is 10.0 Å². The van der Waals surface area contributed by atoms with Crippen LogP contribution in [0.2, 0.25) is 0 Å². The lowest BCUT2D eigenvalue weighted by Gasteiger charge is -2.26. The standard InChI is InChI=1S/C10H16N4O2S/c11-10-8-9(4-5-12-10)17(15,16)13-14-6-2-1-3-7-14/h4-5,8,13H,1-3,6-7H2,(H2,11,12). The number of nitrogens with two attached hydrogens (primary N) is 1. The molecule has 94 valence electrons. The first-order valence-electron chi connectivity index (χ1n) is 5.57. The maximum Gasteiger partial charge on any atom is 0.253 e. The number of rotatable bonds is 3. The zero-order chi connectivity index (χ0) is 12.3. The normalized spacial score (nSPS) is 18.1. The first-order chi connectivity index (χ1) is 8.08. The highest BCUT2D eigenvalue weighted by Gasteiger charge is 2.19. The molecule has 2 rings (SSSR count). The second kappa shape index (κ2) is 4.99. The molecule has 7 heteroatoms. The number of aromatic nitrogens is 1. The maximum absolute atomic E-state index is 12.0. The van der Waals surface area contributed by atoms with Crippen molar-refractivity contribution in [2.24, 2.45) is 0 Å². The molecule has 1 saturated heterocycles. The van der Waals surface area contributed by atoms with Crippen LogP contribution in [0.3, 0.4) is 0 Å². The van der Waals surface area contributed by atoms with Crippen LogP contribution < -0.4 is 10.6 Å². The zero-order valence-electron chi connectivity index (χ0n) is 9.46. The first kappa shape index (κ1) is 12.3. The topological polar surface area (TPSA) is 88.3 Å². The van der Waals surface area contributed by atoms with Gasteiger partial charge in [0.05, 0.1) is 4.90 Å². The van der Waals surface area contributed by atoms with E-state index in [0.717, 1.165) is 32.4 Å². The van der Waals surface area contributed by atoms with Crippen LogP contribution in [-0.2, 0) is 10.0 Å². The molecule has 1 aliphatic rings. The van der Waals surface area contributed by atoms with E-state index in [2.05, 4.69) is 9.82 Å². The van der Waals surface area contributed by atoms with Crippen molar-refractivity contribution in [1.82, 2.24) is 14.8 Å². The molecule has 0 saturated carbocycles. The molecule has 17 heavy (non-hydrogen) atoms. The summed E-state index contributed by atoms with van der Waals surface area (Å²) in [6, 6.07) is 2.79. The minimum absolute atomic E-state index is 0.149. The molecule has 1 aromatic heterocycles. The Bertz CT molecular complexity index is 483. The van der Waals surface area contributed by atoms with Crippen LogP contribution in [0, 0.1) is 0 Å². The summed E-state index contributed by atoms with van der Waals surface area (Å²) in [6.45, 7) is 1.50. The molecule has 0 amide bonds. The molecule has 6 nitrogen and oxygen atoms in total. The van der Waals surface area contributed by atoms with Crippen LogP contribution in [0.1, 0.15) is 19.3 Å².